The van der Waals surface area contributed by atoms with E-state index in [0.29, 0.717) is 32.8 Å². The largest absolute Gasteiger partial charge is 0.491 e. The lowest BCUT2D eigenvalue weighted by molar-refractivity contribution is -0.135. The molecule has 2 aliphatic rings. The van der Waals surface area contributed by atoms with Crippen molar-refractivity contribution >= 4 is 23.3 Å². The molecule has 1 aromatic heterocycles. The first-order valence-corrected chi connectivity index (χ1v) is 12.6. The zero-order valence-electron chi connectivity index (χ0n) is 19.4. The summed E-state index contributed by atoms with van der Waals surface area (Å²) in [6, 6.07) is 9.62. The summed E-state index contributed by atoms with van der Waals surface area (Å²) in [5.41, 5.74) is 2.22. The van der Waals surface area contributed by atoms with Gasteiger partial charge in [-0.3, -0.25) is 4.79 Å². The zero-order chi connectivity index (χ0) is 23.2. The number of benzene rings is 1. The molecule has 0 aliphatic carbocycles. The molecule has 1 saturated heterocycles. The monoisotopic (exact) mass is 471 g/mol. The van der Waals surface area contributed by atoms with Crippen molar-refractivity contribution in [1.29, 1.82) is 0 Å². The number of ether oxygens (including phenoxy) is 2. The molecular weight excluding hydrogens is 438 g/mol. The van der Waals surface area contributed by atoms with E-state index in [9.17, 15) is 9.59 Å². The lowest BCUT2D eigenvalue weighted by atomic mass is 10.0. The van der Waals surface area contributed by atoms with Gasteiger partial charge in [0.25, 0.3) is 0 Å². The normalized spacial score (nSPS) is 19.8. The minimum atomic E-state index is -0.220. The molecule has 0 saturated carbocycles. The third kappa shape index (κ3) is 5.68. The first-order chi connectivity index (χ1) is 16.1. The van der Waals surface area contributed by atoms with E-state index in [1.165, 1.54) is 4.88 Å². The lowest BCUT2D eigenvalue weighted by Crippen LogP contribution is -2.51. The maximum absolute atomic E-state index is 13.5. The molecule has 178 valence electrons. The number of urea groups is 1. The smallest absolute Gasteiger partial charge is 0.317 e. The standard InChI is InChI=1S/C25H33N3O4S/c1-3-26-25(30)27(15-19-8-6-13-31-19)16-24(29)28-12-10-23-20(11-14-33-23)21(28)17-32-22-9-5-4-7-18(22)2/h4-5,7,9,11,14,19,21H,3,6,8,10,12-13,15-17H2,1-2H3,(H,26,30)/t19-,21-/m0/s1. The highest BCUT2D eigenvalue weighted by Gasteiger charge is 2.34. The molecule has 8 heteroatoms. The van der Waals surface area contributed by atoms with Crippen molar-refractivity contribution in [3.63, 3.8) is 0 Å². The first kappa shape index (κ1) is 23.6. The average Bonchev–Trinajstić information content (AvgIpc) is 3.50. The van der Waals surface area contributed by atoms with E-state index in [1.54, 1.807) is 16.2 Å². The van der Waals surface area contributed by atoms with Gasteiger partial charge in [-0.1, -0.05) is 18.2 Å². The van der Waals surface area contributed by atoms with Gasteiger partial charge in [-0.25, -0.2) is 4.79 Å². The van der Waals surface area contributed by atoms with Crippen LogP contribution in [0.3, 0.4) is 0 Å². The maximum atomic E-state index is 13.5. The number of hydrogen-bond donors (Lipinski definition) is 1. The van der Waals surface area contributed by atoms with E-state index in [2.05, 4.69) is 16.8 Å². The third-order valence-electron chi connectivity index (χ3n) is 6.29. The van der Waals surface area contributed by atoms with E-state index in [-0.39, 0.29) is 30.6 Å². The second kappa shape index (κ2) is 11.0. The molecule has 7 nitrogen and oxygen atoms in total. The molecule has 0 bridgehead atoms. The number of hydrogen-bond acceptors (Lipinski definition) is 5. The number of nitrogens with one attached hydrogen (secondary N) is 1. The molecule has 4 rings (SSSR count). The van der Waals surface area contributed by atoms with Crippen LogP contribution in [0.1, 0.15) is 41.8 Å². The average molecular weight is 472 g/mol. The first-order valence-electron chi connectivity index (χ1n) is 11.7. The summed E-state index contributed by atoms with van der Waals surface area (Å²) in [5, 5.41) is 4.92. The van der Waals surface area contributed by atoms with Gasteiger partial charge in [-0.15, -0.1) is 11.3 Å². The molecule has 2 atom stereocenters. The van der Waals surface area contributed by atoms with Crippen molar-refractivity contribution in [2.45, 2.75) is 45.3 Å². The fourth-order valence-electron chi connectivity index (χ4n) is 4.53. The lowest BCUT2D eigenvalue weighted by Gasteiger charge is -2.37. The molecule has 1 aromatic carbocycles. The molecule has 2 aromatic rings. The Bertz CT molecular complexity index is 957. The van der Waals surface area contributed by atoms with E-state index in [4.69, 9.17) is 9.47 Å². The summed E-state index contributed by atoms with van der Waals surface area (Å²) in [7, 11) is 0. The number of aryl methyl sites for hydroxylation is 1. The quantitative estimate of drug-likeness (QED) is 0.636. The maximum Gasteiger partial charge on any atom is 0.317 e. The summed E-state index contributed by atoms with van der Waals surface area (Å²) in [4.78, 5) is 31.0. The summed E-state index contributed by atoms with van der Waals surface area (Å²) in [6.07, 6.45) is 2.73. The van der Waals surface area contributed by atoms with Gasteiger partial charge in [0, 0.05) is 31.1 Å². The topological polar surface area (TPSA) is 71.1 Å². The van der Waals surface area contributed by atoms with Crippen LogP contribution in [0.4, 0.5) is 4.79 Å². The molecule has 0 unspecified atom stereocenters. The molecule has 3 heterocycles. The highest BCUT2D eigenvalue weighted by molar-refractivity contribution is 7.10. The van der Waals surface area contributed by atoms with E-state index in [1.807, 2.05) is 43.0 Å². The molecular formula is C25H33N3O4S. The van der Waals surface area contributed by atoms with Gasteiger partial charge in [-0.05, 0) is 61.7 Å². The van der Waals surface area contributed by atoms with Crippen molar-refractivity contribution in [2.24, 2.45) is 0 Å². The van der Waals surface area contributed by atoms with Crippen LogP contribution >= 0.6 is 11.3 Å². The second-order valence-corrected chi connectivity index (χ2v) is 9.58. The number of carbonyl (C=O) groups is 2. The van der Waals surface area contributed by atoms with Gasteiger partial charge in [-0.2, -0.15) is 0 Å². The van der Waals surface area contributed by atoms with Crippen LogP contribution in [-0.2, 0) is 16.0 Å². The number of amides is 3. The Hall–Kier alpha value is -2.58. The van der Waals surface area contributed by atoms with Crippen molar-refractivity contribution in [2.75, 3.05) is 39.4 Å². The third-order valence-corrected chi connectivity index (χ3v) is 7.29. The van der Waals surface area contributed by atoms with Crippen LogP contribution in [0.25, 0.3) is 0 Å². The molecule has 2 aliphatic heterocycles. The van der Waals surface area contributed by atoms with Gasteiger partial charge in [0.1, 0.15) is 18.9 Å². The summed E-state index contributed by atoms with van der Waals surface area (Å²) in [6.45, 7) is 6.60. The van der Waals surface area contributed by atoms with E-state index >= 15 is 0 Å². The fourth-order valence-corrected chi connectivity index (χ4v) is 5.46. The van der Waals surface area contributed by atoms with Gasteiger partial charge >= 0.3 is 6.03 Å². The van der Waals surface area contributed by atoms with Gasteiger partial charge in [0.15, 0.2) is 0 Å². The summed E-state index contributed by atoms with van der Waals surface area (Å²) in [5.74, 6) is 0.768. The van der Waals surface area contributed by atoms with Gasteiger partial charge in [0.2, 0.25) is 5.91 Å². The SMILES string of the molecule is CCNC(=O)N(CC(=O)N1CCc2sccc2[C@@H]1COc1ccccc1C)C[C@@H]1CCCO1. The minimum Gasteiger partial charge on any atom is -0.491 e. The number of thiophene rings is 1. The number of nitrogens with zero attached hydrogens (tertiary/aromatic N) is 2. The highest BCUT2D eigenvalue weighted by Crippen LogP contribution is 2.34. The molecule has 1 N–H and O–H groups in total. The molecule has 0 radical (unpaired) electrons. The van der Waals surface area contributed by atoms with Crippen molar-refractivity contribution in [3.8, 4) is 5.75 Å². The van der Waals surface area contributed by atoms with E-state index in [0.717, 1.165) is 36.1 Å². The minimum absolute atomic E-state index is 0.00887. The van der Waals surface area contributed by atoms with Crippen LogP contribution in [0.15, 0.2) is 35.7 Å². The van der Waals surface area contributed by atoms with Crippen molar-refractivity contribution in [1.82, 2.24) is 15.1 Å². The van der Waals surface area contributed by atoms with Crippen molar-refractivity contribution in [3.05, 3.63) is 51.7 Å². The molecule has 1 fully saturated rings. The predicted octanol–water partition coefficient (Wildman–Crippen LogP) is 3.77. The van der Waals surface area contributed by atoms with Crippen LogP contribution in [0.2, 0.25) is 0 Å². The molecule has 0 spiro atoms. The number of carbonyl (C=O) groups excluding carboxylic acids is 2. The fraction of sp³-hybridized carbons (Fsp3) is 0.520. The number of fused-ring (bicyclic) bond motifs is 1. The Morgan fingerprint density at radius 1 is 1.30 bits per heavy atom. The van der Waals surface area contributed by atoms with Crippen LogP contribution < -0.4 is 10.1 Å². The van der Waals surface area contributed by atoms with Gasteiger partial charge in [0.05, 0.1) is 12.1 Å². The molecule has 33 heavy (non-hydrogen) atoms. The van der Waals surface area contributed by atoms with Crippen molar-refractivity contribution < 1.29 is 19.1 Å². The summed E-state index contributed by atoms with van der Waals surface area (Å²) >= 11 is 1.73. The number of para-hydroxylation sites is 1. The van der Waals surface area contributed by atoms with Crippen LogP contribution in [0.5, 0.6) is 5.75 Å². The Balaban J connectivity index is 1.49. The van der Waals surface area contributed by atoms with Crippen LogP contribution in [0, 0.1) is 6.92 Å². The van der Waals surface area contributed by atoms with Gasteiger partial charge < -0.3 is 24.6 Å². The number of rotatable bonds is 8. The highest BCUT2D eigenvalue weighted by atomic mass is 32.1. The Labute approximate surface area is 199 Å². The zero-order valence-corrected chi connectivity index (χ0v) is 20.2. The molecule has 3 amide bonds. The predicted molar refractivity (Wildman–Crippen MR) is 129 cm³/mol. The Kier molecular flexibility index (Phi) is 7.88. The summed E-state index contributed by atoms with van der Waals surface area (Å²) < 4.78 is 11.9. The van der Waals surface area contributed by atoms with Crippen LogP contribution in [-0.4, -0.2) is 67.2 Å². The Morgan fingerprint density at radius 3 is 2.91 bits per heavy atom. The second-order valence-electron chi connectivity index (χ2n) is 8.58. The van der Waals surface area contributed by atoms with E-state index < -0.39 is 0 Å². The Morgan fingerprint density at radius 2 is 2.15 bits per heavy atom.